The fourth-order valence-corrected chi connectivity index (χ4v) is 6.99. The summed E-state index contributed by atoms with van der Waals surface area (Å²) in [5.41, 5.74) is 2.02. The van der Waals surface area contributed by atoms with Crippen LogP contribution in [-0.4, -0.2) is 92.8 Å². The number of fused-ring (bicyclic) bond motifs is 3. The fraction of sp³-hybridized carbons (Fsp3) is 0.565. The molecular weight excluding hydrogens is 480 g/mol. The number of halogens is 1. The number of hydrogen-bond acceptors (Lipinski definition) is 7. The number of likely N-dealkylation sites (tertiary alicyclic amines) is 1. The van der Waals surface area contributed by atoms with E-state index >= 15 is 0 Å². The van der Waals surface area contributed by atoms with Crippen LogP contribution in [0, 0.1) is 0 Å². The second-order valence-electron chi connectivity index (χ2n) is 8.93. The van der Waals surface area contributed by atoms with Crippen LogP contribution >= 0.6 is 11.6 Å². The first-order valence-corrected chi connectivity index (χ1v) is 13.8. The zero-order valence-electron chi connectivity index (χ0n) is 19.2. The van der Waals surface area contributed by atoms with Gasteiger partial charge in [-0.25, -0.2) is 8.42 Å². The Morgan fingerprint density at radius 3 is 2.79 bits per heavy atom. The van der Waals surface area contributed by atoms with E-state index in [0.29, 0.717) is 49.1 Å². The van der Waals surface area contributed by atoms with Gasteiger partial charge in [0.2, 0.25) is 0 Å². The van der Waals surface area contributed by atoms with Gasteiger partial charge in [0, 0.05) is 43.2 Å². The lowest BCUT2D eigenvalue weighted by Gasteiger charge is -2.33. The monoisotopic (exact) mass is 508 g/mol. The summed E-state index contributed by atoms with van der Waals surface area (Å²) in [6, 6.07) is 5.11. The number of methoxy groups -OCH3 is 1. The summed E-state index contributed by atoms with van der Waals surface area (Å²) in [5, 5.41) is 4.82. The number of nitrogens with zero attached hydrogens (tertiary/aromatic N) is 4. The molecule has 0 aliphatic carbocycles. The molecule has 11 heteroatoms. The second kappa shape index (κ2) is 9.49. The van der Waals surface area contributed by atoms with Gasteiger partial charge >= 0.3 is 0 Å². The number of piperidine rings is 1. The smallest absolute Gasteiger partial charge is 0.274 e. The average molecular weight is 509 g/mol. The lowest BCUT2D eigenvalue weighted by molar-refractivity contribution is 0.0297. The quantitative estimate of drug-likeness (QED) is 0.571. The zero-order chi connectivity index (χ0) is 23.9. The van der Waals surface area contributed by atoms with Crippen LogP contribution in [-0.2, 0) is 20.3 Å². The van der Waals surface area contributed by atoms with E-state index < -0.39 is 9.84 Å². The van der Waals surface area contributed by atoms with E-state index in [2.05, 4.69) is 4.90 Å². The van der Waals surface area contributed by atoms with Gasteiger partial charge in [-0.05, 0) is 37.6 Å². The summed E-state index contributed by atoms with van der Waals surface area (Å²) in [5.74, 6) is 0.531. The van der Waals surface area contributed by atoms with Gasteiger partial charge in [-0.2, -0.15) is 5.10 Å². The van der Waals surface area contributed by atoms with Gasteiger partial charge in [-0.3, -0.25) is 9.48 Å². The minimum Gasteiger partial charge on any atom is -0.497 e. The van der Waals surface area contributed by atoms with Crippen molar-refractivity contribution in [3.05, 3.63) is 29.5 Å². The molecule has 3 aliphatic rings. The number of carbonyl (C=O) groups excluding carboxylic acids is 1. The topological polar surface area (TPSA) is 94.0 Å². The summed E-state index contributed by atoms with van der Waals surface area (Å²) < 4.78 is 39.2. The zero-order valence-corrected chi connectivity index (χ0v) is 20.8. The van der Waals surface area contributed by atoms with Crippen LogP contribution in [0.25, 0.3) is 11.3 Å². The van der Waals surface area contributed by atoms with E-state index in [1.807, 2.05) is 4.68 Å². The largest absolute Gasteiger partial charge is 0.497 e. The third-order valence-electron chi connectivity index (χ3n) is 6.85. The molecule has 0 saturated carbocycles. The number of hydrogen-bond donors (Lipinski definition) is 0. The van der Waals surface area contributed by atoms with Crippen LogP contribution in [0.5, 0.6) is 5.75 Å². The molecule has 5 rings (SSSR count). The Balaban J connectivity index is 1.65. The number of aromatic nitrogens is 2. The summed E-state index contributed by atoms with van der Waals surface area (Å²) in [6.45, 7) is 4.36. The Hall–Kier alpha value is -2.14. The van der Waals surface area contributed by atoms with Crippen molar-refractivity contribution in [1.82, 2.24) is 19.6 Å². The van der Waals surface area contributed by atoms with Gasteiger partial charge in [0.15, 0.2) is 15.5 Å². The molecule has 4 heterocycles. The Bertz CT molecular complexity index is 1190. The molecule has 0 N–H and O–H groups in total. The van der Waals surface area contributed by atoms with Crippen LogP contribution < -0.4 is 4.74 Å². The average Bonchev–Trinajstić information content (AvgIpc) is 3.23. The van der Waals surface area contributed by atoms with Crippen molar-refractivity contribution >= 4 is 27.3 Å². The second-order valence-corrected chi connectivity index (χ2v) is 11.3. The molecule has 2 saturated heterocycles. The van der Waals surface area contributed by atoms with Crippen LogP contribution in [0.2, 0.25) is 0 Å². The van der Waals surface area contributed by atoms with E-state index in [-0.39, 0.29) is 28.3 Å². The first-order chi connectivity index (χ1) is 16.4. The normalized spacial score (nSPS) is 22.2. The SMILES string of the molecule is COc1ccc2c(c1)S(=O)(=O)Cc1c(C(=O)N3CCOCC3)nn(C3CCCN(CCCl)C3)c1-2. The van der Waals surface area contributed by atoms with Gasteiger partial charge in [0.05, 0.1) is 42.7 Å². The van der Waals surface area contributed by atoms with Crippen molar-refractivity contribution in [3.63, 3.8) is 0 Å². The highest BCUT2D eigenvalue weighted by Crippen LogP contribution is 2.43. The number of sulfone groups is 1. The predicted molar refractivity (Wildman–Crippen MR) is 127 cm³/mol. The van der Waals surface area contributed by atoms with E-state index in [4.69, 9.17) is 26.2 Å². The van der Waals surface area contributed by atoms with Gasteiger partial charge in [-0.1, -0.05) is 0 Å². The highest BCUT2D eigenvalue weighted by atomic mass is 35.5. The number of morpholine rings is 1. The highest BCUT2D eigenvalue weighted by molar-refractivity contribution is 7.90. The maximum absolute atomic E-state index is 13.5. The Morgan fingerprint density at radius 2 is 2.06 bits per heavy atom. The molecular formula is C23H29ClN4O5S. The Morgan fingerprint density at radius 1 is 1.26 bits per heavy atom. The molecule has 2 fully saturated rings. The van der Waals surface area contributed by atoms with Crippen molar-refractivity contribution in [3.8, 4) is 17.0 Å². The third kappa shape index (κ3) is 4.21. The van der Waals surface area contributed by atoms with E-state index in [1.165, 1.54) is 7.11 Å². The number of amides is 1. The van der Waals surface area contributed by atoms with Crippen LogP contribution in [0.3, 0.4) is 0 Å². The van der Waals surface area contributed by atoms with Crippen LogP contribution in [0.4, 0.5) is 0 Å². The fourth-order valence-electron chi connectivity index (χ4n) is 5.15. The number of carbonyl (C=O) groups is 1. The molecule has 0 spiro atoms. The molecule has 0 bridgehead atoms. The van der Waals surface area contributed by atoms with Gasteiger partial charge in [0.25, 0.3) is 5.91 Å². The van der Waals surface area contributed by atoms with E-state index in [9.17, 15) is 13.2 Å². The third-order valence-corrected chi connectivity index (χ3v) is 8.70. The van der Waals surface area contributed by atoms with Gasteiger partial charge < -0.3 is 19.3 Å². The lowest BCUT2D eigenvalue weighted by atomic mass is 10.0. The number of benzene rings is 1. The van der Waals surface area contributed by atoms with Gasteiger partial charge in [-0.15, -0.1) is 11.6 Å². The lowest BCUT2D eigenvalue weighted by Crippen LogP contribution is -2.41. The summed E-state index contributed by atoms with van der Waals surface area (Å²) in [6.07, 6.45) is 1.88. The molecule has 3 aliphatic heterocycles. The number of alkyl halides is 1. The first-order valence-electron chi connectivity index (χ1n) is 11.6. The molecule has 0 radical (unpaired) electrons. The summed E-state index contributed by atoms with van der Waals surface area (Å²) in [4.78, 5) is 17.7. The standard InChI is InChI=1S/C23H29ClN4O5S/c1-32-17-4-5-18-20(13-17)34(30,31)15-19-21(23(29)27-9-11-33-12-10-27)25-28(22(18)19)16-3-2-7-26(14-16)8-6-24/h4-5,13,16H,2-3,6-12,14-15H2,1H3. The summed E-state index contributed by atoms with van der Waals surface area (Å²) >= 11 is 6.00. The molecule has 2 aromatic rings. The number of rotatable bonds is 5. The van der Waals surface area contributed by atoms with Crippen molar-refractivity contribution < 1.29 is 22.7 Å². The van der Waals surface area contributed by atoms with E-state index in [1.54, 1.807) is 23.1 Å². The molecule has 1 aromatic heterocycles. The van der Waals surface area contributed by atoms with Crippen molar-refractivity contribution in [1.29, 1.82) is 0 Å². The molecule has 9 nitrogen and oxygen atoms in total. The maximum atomic E-state index is 13.5. The molecule has 1 unspecified atom stereocenters. The van der Waals surface area contributed by atoms with Crippen LogP contribution in [0.1, 0.15) is 34.9 Å². The molecule has 1 amide bonds. The van der Waals surface area contributed by atoms with Crippen molar-refractivity contribution in [2.24, 2.45) is 0 Å². The van der Waals surface area contributed by atoms with E-state index in [0.717, 1.165) is 38.2 Å². The number of ether oxygens (including phenoxy) is 2. The van der Waals surface area contributed by atoms with Crippen LogP contribution in [0.15, 0.2) is 23.1 Å². The molecule has 1 atom stereocenters. The maximum Gasteiger partial charge on any atom is 0.274 e. The minimum absolute atomic E-state index is 0.0210. The van der Waals surface area contributed by atoms with Crippen molar-refractivity contribution in [2.45, 2.75) is 29.5 Å². The Kier molecular flexibility index (Phi) is 6.58. The highest BCUT2D eigenvalue weighted by Gasteiger charge is 2.39. The molecule has 184 valence electrons. The van der Waals surface area contributed by atoms with Gasteiger partial charge in [0.1, 0.15) is 5.75 Å². The molecule has 1 aromatic carbocycles. The first kappa shape index (κ1) is 23.6. The Labute approximate surface area is 204 Å². The van der Waals surface area contributed by atoms with Crippen molar-refractivity contribution in [2.75, 3.05) is 58.9 Å². The molecule has 34 heavy (non-hydrogen) atoms. The minimum atomic E-state index is -3.67. The summed E-state index contributed by atoms with van der Waals surface area (Å²) in [7, 11) is -2.15. The predicted octanol–water partition coefficient (Wildman–Crippen LogP) is 2.19.